The average Bonchev–Trinajstić information content (AvgIpc) is 2.56. The number of benzene rings is 1. The molecule has 0 fully saturated rings. The Morgan fingerprint density at radius 3 is 2.96 bits per heavy atom. The average molecular weight is 334 g/mol. The molecule has 1 aromatic heterocycles. The van der Waals surface area contributed by atoms with E-state index >= 15 is 0 Å². The summed E-state index contributed by atoms with van der Waals surface area (Å²) in [6.45, 7) is 1.60. The van der Waals surface area contributed by atoms with Crippen LogP contribution in [0.5, 0.6) is 0 Å². The summed E-state index contributed by atoms with van der Waals surface area (Å²) in [7, 11) is 1.89. The zero-order chi connectivity index (χ0) is 16.5. The molecule has 0 aliphatic carbocycles. The van der Waals surface area contributed by atoms with Crippen LogP contribution in [0.1, 0.15) is 18.7 Å². The zero-order valence-electron chi connectivity index (χ0n) is 13.2. The zero-order valence-corrected chi connectivity index (χ0v) is 14.0. The predicted octanol–water partition coefficient (Wildman–Crippen LogP) is 1.27. The molecule has 0 saturated heterocycles. The van der Waals surface area contributed by atoms with E-state index < -0.39 is 0 Å². The number of nitrogens with zero attached hydrogens (tertiary/aromatic N) is 1. The SMILES string of the molecule is CNCCCNC(=O)CCSCc1nc2ccccc2c(=O)[nH]1. The summed E-state index contributed by atoms with van der Waals surface area (Å²) >= 11 is 1.59. The lowest BCUT2D eigenvalue weighted by atomic mass is 10.2. The first kappa shape index (κ1) is 17.5. The molecule has 0 spiro atoms. The number of para-hydroxylation sites is 1. The van der Waals surface area contributed by atoms with Gasteiger partial charge in [-0.25, -0.2) is 4.98 Å². The Kier molecular flexibility index (Phi) is 7.09. The first-order chi connectivity index (χ1) is 11.2. The summed E-state index contributed by atoms with van der Waals surface area (Å²) in [5.41, 5.74) is 0.586. The highest BCUT2D eigenvalue weighted by molar-refractivity contribution is 7.98. The van der Waals surface area contributed by atoms with Crippen LogP contribution in [0.3, 0.4) is 0 Å². The molecular weight excluding hydrogens is 312 g/mol. The fourth-order valence-electron chi connectivity index (χ4n) is 2.12. The van der Waals surface area contributed by atoms with Gasteiger partial charge in [0.1, 0.15) is 5.82 Å². The van der Waals surface area contributed by atoms with Crippen LogP contribution in [-0.2, 0) is 10.5 Å². The summed E-state index contributed by atoms with van der Waals surface area (Å²) in [5, 5.41) is 6.52. The lowest BCUT2D eigenvalue weighted by Crippen LogP contribution is -2.26. The fourth-order valence-corrected chi connectivity index (χ4v) is 2.92. The smallest absolute Gasteiger partial charge is 0.258 e. The molecular formula is C16H22N4O2S. The largest absolute Gasteiger partial charge is 0.356 e. The molecule has 0 radical (unpaired) electrons. The number of thioether (sulfide) groups is 1. The number of carbonyl (C=O) groups is 1. The minimum atomic E-state index is -0.117. The van der Waals surface area contributed by atoms with Crippen molar-refractivity contribution in [3.8, 4) is 0 Å². The van der Waals surface area contributed by atoms with Crippen LogP contribution in [0, 0.1) is 0 Å². The van der Waals surface area contributed by atoms with Crippen molar-refractivity contribution in [1.82, 2.24) is 20.6 Å². The van der Waals surface area contributed by atoms with Gasteiger partial charge in [0.2, 0.25) is 5.91 Å². The van der Waals surface area contributed by atoms with E-state index in [1.165, 1.54) is 0 Å². The second-order valence-corrected chi connectivity index (χ2v) is 6.24. The van der Waals surface area contributed by atoms with Crippen molar-refractivity contribution >= 4 is 28.6 Å². The minimum Gasteiger partial charge on any atom is -0.356 e. The van der Waals surface area contributed by atoms with Gasteiger partial charge < -0.3 is 15.6 Å². The maximum Gasteiger partial charge on any atom is 0.258 e. The Hall–Kier alpha value is -1.86. The van der Waals surface area contributed by atoms with Crippen molar-refractivity contribution in [3.63, 3.8) is 0 Å². The van der Waals surface area contributed by atoms with Crippen molar-refractivity contribution in [2.45, 2.75) is 18.6 Å². The maximum absolute atomic E-state index is 11.9. The molecule has 6 nitrogen and oxygen atoms in total. The van der Waals surface area contributed by atoms with Gasteiger partial charge in [0.05, 0.1) is 16.7 Å². The van der Waals surface area contributed by atoms with Gasteiger partial charge in [-0.3, -0.25) is 9.59 Å². The van der Waals surface area contributed by atoms with E-state index in [1.807, 2.05) is 25.2 Å². The number of nitrogens with one attached hydrogen (secondary N) is 3. The first-order valence-corrected chi connectivity index (χ1v) is 8.83. The van der Waals surface area contributed by atoms with Crippen molar-refractivity contribution in [1.29, 1.82) is 0 Å². The van der Waals surface area contributed by atoms with Crippen LogP contribution in [0.25, 0.3) is 10.9 Å². The van der Waals surface area contributed by atoms with Gasteiger partial charge in [-0.15, -0.1) is 0 Å². The molecule has 1 aromatic carbocycles. The number of H-pyrrole nitrogens is 1. The van der Waals surface area contributed by atoms with Gasteiger partial charge >= 0.3 is 0 Å². The summed E-state index contributed by atoms with van der Waals surface area (Å²) in [4.78, 5) is 30.8. The van der Waals surface area contributed by atoms with Gasteiger partial charge in [-0.2, -0.15) is 11.8 Å². The van der Waals surface area contributed by atoms with Gasteiger partial charge in [-0.05, 0) is 32.1 Å². The third kappa shape index (κ3) is 5.69. The molecule has 2 rings (SSSR count). The van der Waals surface area contributed by atoms with Crippen molar-refractivity contribution < 1.29 is 4.79 Å². The third-order valence-corrected chi connectivity index (χ3v) is 4.27. The Morgan fingerprint density at radius 1 is 1.30 bits per heavy atom. The minimum absolute atomic E-state index is 0.0635. The van der Waals surface area contributed by atoms with Crippen molar-refractivity contribution in [3.05, 3.63) is 40.4 Å². The molecule has 124 valence electrons. The van der Waals surface area contributed by atoms with Crippen molar-refractivity contribution in [2.24, 2.45) is 0 Å². The molecule has 3 N–H and O–H groups in total. The standard InChI is InChI=1S/C16H22N4O2S/c1-17-8-4-9-18-15(21)7-10-23-11-14-19-13-6-3-2-5-12(13)16(22)20-14/h2-3,5-6,17H,4,7-11H2,1H3,(H,18,21)(H,19,20,22). The molecule has 0 unspecified atom stereocenters. The summed E-state index contributed by atoms with van der Waals surface area (Å²) in [6, 6.07) is 7.28. The number of aromatic nitrogens is 2. The Labute approximate surface area is 139 Å². The molecule has 1 amide bonds. The maximum atomic E-state index is 11.9. The highest BCUT2D eigenvalue weighted by atomic mass is 32.2. The molecule has 0 bridgehead atoms. The summed E-state index contributed by atoms with van der Waals surface area (Å²) < 4.78 is 0. The summed E-state index contributed by atoms with van der Waals surface area (Å²) in [5.74, 6) is 2.00. The molecule has 0 aliphatic rings. The van der Waals surface area contributed by atoms with E-state index in [0.29, 0.717) is 41.2 Å². The molecule has 0 aliphatic heterocycles. The lowest BCUT2D eigenvalue weighted by molar-refractivity contribution is -0.120. The van der Waals surface area contributed by atoms with Crippen LogP contribution >= 0.6 is 11.8 Å². The van der Waals surface area contributed by atoms with Crippen LogP contribution in [0.2, 0.25) is 0 Å². The quantitative estimate of drug-likeness (QED) is 0.601. The van der Waals surface area contributed by atoms with E-state index in [0.717, 1.165) is 13.0 Å². The Morgan fingerprint density at radius 2 is 2.13 bits per heavy atom. The Balaban J connectivity index is 1.74. The highest BCUT2D eigenvalue weighted by Gasteiger charge is 2.04. The summed E-state index contributed by atoms with van der Waals surface area (Å²) in [6.07, 6.45) is 1.40. The molecule has 0 saturated carbocycles. The van der Waals surface area contributed by atoms with E-state index in [9.17, 15) is 9.59 Å². The van der Waals surface area contributed by atoms with Gasteiger partial charge in [0.25, 0.3) is 5.56 Å². The highest BCUT2D eigenvalue weighted by Crippen LogP contribution is 2.11. The number of rotatable bonds is 9. The topological polar surface area (TPSA) is 86.9 Å². The van der Waals surface area contributed by atoms with E-state index in [-0.39, 0.29) is 11.5 Å². The molecule has 1 heterocycles. The number of aromatic amines is 1. The molecule has 2 aromatic rings. The number of hydrogen-bond acceptors (Lipinski definition) is 5. The normalized spacial score (nSPS) is 10.8. The molecule has 23 heavy (non-hydrogen) atoms. The van der Waals surface area contributed by atoms with E-state index in [4.69, 9.17) is 0 Å². The Bertz CT molecular complexity index is 702. The van der Waals surface area contributed by atoms with Gasteiger partial charge in [-0.1, -0.05) is 12.1 Å². The third-order valence-electron chi connectivity index (χ3n) is 3.30. The number of amides is 1. The van der Waals surface area contributed by atoms with E-state index in [1.54, 1.807) is 17.8 Å². The number of hydrogen-bond donors (Lipinski definition) is 3. The second-order valence-electron chi connectivity index (χ2n) is 5.14. The molecule has 0 atom stereocenters. The van der Waals surface area contributed by atoms with Gasteiger partial charge in [0.15, 0.2) is 0 Å². The van der Waals surface area contributed by atoms with Gasteiger partial charge in [0, 0.05) is 18.7 Å². The number of fused-ring (bicyclic) bond motifs is 1. The monoisotopic (exact) mass is 334 g/mol. The second kappa shape index (κ2) is 9.32. The molecule has 7 heteroatoms. The van der Waals surface area contributed by atoms with Crippen LogP contribution in [0.15, 0.2) is 29.1 Å². The predicted molar refractivity (Wildman–Crippen MR) is 94.7 cm³/mol. The van der Waals surface area contributed by atoms with Crippen LogP contribution in [0.4, 0.5) is 0 Å². The van der Waals surface area contributed by atoms with Crippen LogP contribution < -0.4 is 16.2 Å². The fraction of sp³-hybridized carbons (Fsp3) is 0.438. The van der Waals surface area contributed by atoms with Crippen molar-refractivity contribution in [2.75, 3.05) is 25.9 Å². The van der Waals surface area contributed by atoms with Crippen LogP contribution in [-0.4, -0.2) is 41.8 Å². The lowest BCUT2D eigenvalue weighted by Gasteiger charge is -2.05. The first-order valence-electron chi connectivity index (χ1n) is 7.67. The number of carbonyl (C=O) groups excluding carboxylic acids is 1. The van der Waals surface area contributed by atoms with E-state index in [2.05, 4.69) is 20.6 Å².